The van der Waals surface area contributed by atoms with Gasteiger partial charge in [0, 0.05) is 6.04 Å². The van der Waals surface area contributed by atoms with Gasteiger partial charge in [0.25, 0.3) is 0 Å². The van der Waals surface area contributed by atoms with Crippen LogP contribution in [-0.4, -0.2) is 24.4 Å². The molecule has 1 aromatic rings. The number of hydrogen-bond acceptors (Lipinski definition) is 3. The second kappa shape index (κ2) is 6.92. The monoisotopic (exact) mass is 263 g/mol. The van der Waals surface area contributed by atoms with E-state index in [1.165, 1.54) is 24.0 Å². The van der Waals surface area contributed by atoms with E-state index in [-0.39, 0.29) is 6.10 Å². The number of nitrogens with one attached hydrogen (secondary N) is 1. The molecule has 3 nitrogen and oxygen atoms in total. The Hall–Kier alpha value is -1.06. The average molecular weight is 263 g/mol. The number of aliphatic hydroxyl groups is 1. The fourth-order valence-corrected chi connectivity index (χ4v) is 2.71. The van der Waals surface area contributed by atoms with Crippen molar-refractivity contribution < 1.29 is 9.84 Å². The van der Waals surface area contributed by atoms with Gasteiger partial charge >= 0.3 is 0 Å². The first-order valence-corrected chi connectivity index (χ1v) is 7.42. The number of benzene rings is 1. The van der Waals surface area contributed by atoms with E-state index in [0.717, 1.165) is 25.1 Å². The Morgan fingerprint density at radius 1 is 1.42 bits per heavy atom. The molecule has 19 heavy (non-hydrogen) atoms. The van der Waals surface area contributed by atoms with E-state index in [4.69, 9.17) is 4.74 Å². The highest BCUT2D eigenvalue weighted by Crippen LogP contribution is 2.35. The van der Waals surface area contributed by atoms with Crippen LogP contribution in [0.25, 0.3) is 0 Å². The fourth-order valence-electron chi connectivity index (χ4n) is 2.71. The summed E-state index contributed by atoms with van der Waals surface area (Å²) in [7, 11) is 0. The fraction of sp³-hybridized carbons (Fsp3) is 0.625. The summed E-state index contributed by atoms with van der Waals surface area (Å²) in [5.41, 5.74) is 2.69. The lowest BCUT2D eigenvalue weighted by atomic mass is 9.87. The highest BCUT2D eigenvalue weighted by Gasteiger charge is 2.22. The van der Waals surface area contributed by atoms with E-state index < -0.39 is 0 Å². The SMILES string of the molecule is CCNC1CCCc2c(OCC(O)CC)cccc21. The highest BCUT2D eigenvalue weighted by molar-refractivity contribution is 5.43. The molecule has 2 unspecified atom stereocenters. The Balaban J connectivity index is 2.15. The molecule has 106 valence electrons. The number of aliphatic hydroxyl groups excluding tert-OH is 1. The molecule has 0 fully saturated rings. The van der Waals surface area contributed by atoms with Gasteiger partial charge in [0.15, 0.2) is 0 Å². The molecule has 1 aliphatic rings. The maximum atomic E-state index is 9.62. The molecule has 2 N–H and O–H groups in total. The second-order valence-corrected chi connectivity index (χ2v) is 5.20. The van der Waals surface area contributed by atoms with Crippen LogP contribution < -0.4 is 10.1 Å². The molecule has 3 heteroatoms. The van der Waals surface area contributed by atoms with Gasteiger partial charge < -0.3 is 15.2 Å². The van der Waals surface area contributed by atoms with Gasteiger partial charge in [0.05, 0.1) is 6.10 Å². The topological polar surface area (TPSA) is 41.5 Å². The van der Waals surface area contributed by atoms with Crippen LogP contribution in [-0.2, 0) is 6.42 Å². The summed E-state index contributed by atoms with van der Waals surface area (Å²) in [4.78, 5) is 0. The van der Waals surface area contributed by atoms with E-state index in [9.17, 15) is 5.11 Å². The van der Waals surface area contributed by atoms with Crippen molar-refractivity contribution in [1.29, 1.82) is 0 Å². The molecule has 2 rings (SSSR count). The Morgan fingerprint density at radius 3 is 3.00 bits per heavy atom. The molecular weight excluding hydrogens is 238 g/mol. The zero-order valence-electron chi connectivity index (χ0n) is 12.0. The molecule has 0 saturated heterocycles. The lowest BCUT2D eigenvalue weighted by Crippen LogP contribution is -2.25. The third-order valence-corrected chi connectivity index (χ3v) is 3.82. The van der Waals surface area contributed by atoms with Crippen molar-refractivity contribution in [3.8, 4) is 5.75 Å². The zero-order valence-corrected chi connectivity index (χ0v) is 12.0. The molecule has 0 bridgehead atoms. The van der Waals surface area contributed by atoms with Gasteiger partial charge in [-0.25, -0.2) is 0 Å². The molecular formula is C16H25NO2. The third kappa shape index (κ3) is 3.48. The van der Waals surface area contributed by atoms with Crippen molar-refractivity contribution in [3.63, 3.8) is 0 Å². The van der Waals surface area contributed by atoms with Crippen LogP contribution in [0.4, 0.5) is 0 Å². The number of hydrogen-bond donors (Lipinski definition) is 2. The standard InChI is InChI=1S/C16H25NO2/c1-3-12(18)11-19-16-10-6-7-13-14(16)8-5-9-15(13)17-4-2/h6-7,10,12,15,17-18H,3-5,8-9,11H2,1-2H3. The van der Waals surface area contributed by atoms with Crippen LogP contribution in [0.15, 0.2) is 18.2 Å². The van der Waals surface area contributed by atoms with Gasteiger partial charge in [-0.05, 0) is 49.4 Å². The van der Waals surface area contributed by atoms with Gasteiger partial charge in [-0.15, -0.1) is 0 Å². The molecule has 0 saturated carbocycles. The molecule has 0 heterocycles. The van der Waals surface area contributed by atoms with Gasteiger partial charge in [0.2, 0.25) is 0 Å². The van der Waals surface area contributed by atoms with Gasteiger partial charge in [-0.1, -0.05) is 26.0 Å². The van der Waals surface area contributed by atoms with E-state index in [2.05, 4.69) is 24.4 Å². The van der Waals surface area contributed by atoms with Crippen molar-refractivity contribution in [3.05, 3.63) is 29.3 Å². The van der Waals surface area contributed by atoms with Crippen molar-refractivity contribution >= 4 is 0 Å². The summed E-state index contributed by atoms with van der Waals surface area (Å²) in [6.07, 6.45) is 3.83. The minimum absolute atomic E-state index is 0.371. The van der Waals surface area contributed by atoms with Crippen LogP contribution >= 0.6 is 0 Å². The quantitative estimate of drug-likeness (QED) is 0.829. The molecule has 0 aliphatic heterocycles. The van der Waals surface area contributed by atoms with Crippen LogP contribution in [0, 0.1) is 0 Å². The summed E-state index contributed by atoms with van der Waals surface area (Å²) >= 11 is 0. The Bertz CT molecular complexity index is 406. The van der Waals surface area contributed by atoms with E-state index in [0.29, 0.717) is 12.6 Å². The van der Waals surface area contributed by atoms with Crippen LogP contribution in [0.3, 0.4) is 0 Å². The lowest BCUT2D eigenvalue weighted by Gasteiger charge is -2.28. The van der Waals surface area contributed by atoms with Crippen molar-refractivity contribution in [2.45, 2.75) is 51.7 Å². The first kappa shape index (κ1) is 14.4. The Morgan fingerprint density at radius 2 is 2.26 bits per heavy atom. The van der Waals surface area contributed by atoms with E-state index in [1.54, 1.807) is 0 Å². The number of rotatable bonds is 6. The smallest absolute Gasteiger partial charge is 0.122 e. The number of fused-ring (bicyclic) bond motifs is 1. The van der Waals surface area contributed by atoms with E-state index >= 15 is 0 Å². The molecule has 0 radical (unpaired) electrons. The first-order chi connectivity index (χ1) is 9.26. The van der Waals surface area contributed by atoms with Crippen LogP contribution in [0.5, 0.6) is 5.75 Å². The van der Waals surface area contributed by atoms with Crippen molar-refractivity contribution in [2.75, 3.05) is 13.2 Å². The second-order valence-electron chi connectivity index (χ2n) is 5.20. The molecule has 2 atom stereocenters. The average Bonchev–Trinajstić information content (AvgIpc) is 2.45. The minimum atomic E-state index is -0.371. The molecule has 1 aliphatic carbocycles. The van der Waals surface area contributed by atoms with Crippen LogP contribution in [0.1, 0.15) is 50.3 Å². The van der Waals surface area contributed by atoms with Crippen molar-refractivity contribution in [1.82, 2.24) is 5.32 Å². The van der Waals surface area contributed by atoms with Crippen molar-refractivity contribution in [2.24, 2.45) is 0 Å². The summed E-state index contributed by atoms with van der Waals surface area (Å²) in [6, 6.07) is 6.73. The highest BCUT2D eigenvalue weighted by atomic mass is 16.5. The largest absolute Gasteiger partial charge is 0.491 e. The predicted octanol–water partition coefficient (Wildman–Crippen LogP) is 2.82. The Labute approximate surface area is 116 Å². The first-order valence-electron chi connectivity index (χ1n) is 7.42. The normalized spacial score (nSPS) is 19.8. The summed E-state index contributed by atoms with van der Waals surface area (Å²) in [5.74, 6) is 0.951. The molecule has 0 aromatic heterocycles. The van der Waals surface area contributed by atoms with Gasteiger partial charge in [0.1, 0.15) is 12.4 Å². The zero-order chi connectivity index (χ0) is 13.7. The molecule has 1 aromatic carbocycles. The summed E-state index contributed by atoms with van der Waals surface area (Å²) in [5, 5.41) is 13.2. The van der Waals surface area contributed by atoms with Gasteiger partial charge in [-0.3, -0.25) is 0 Å². The summed E-state index contributed by atoms with van der Waals surface area (Å²) in [6.45, 7) is 5.49. The van der Waals surface area contributed by atoms with Crippen LogP contribution in [0.2, 0.25) is 0 Å². The Kier molecular flexibility index (Phi) is 5.23. The molecule has 0 spiro atoms. The van der Waals surface area contributed by atoms with Gasteiger partial charge in [-0.2, -0.15) is 0 Å². The lowest BCUT2D eigenvalue weighted by molar-refractivity contribution is 0.103. The molecule has 0 amide bonds. The third-order valence-electron chi connectivity index (χ3n) is 3.82. The maximum absolute atomic E-state index is 9.62. The van der Waals surface area contributed by atoms with E-state index in [1.807, 2.05) is 13.0 Å². The summed E-state index contributed by atoms with van der Waals surface area (Å²) < 4.78 is 5.81. The predicted molar refractivity (Wildman–Crippen MR) is 77.6 cm³/mol. The minimum Gasteiger partial charge on any atom is -0.491 e. The number of ether oxygens (including phenoxy) is 1. The maximum Gasteiger partial charge on any atom is 0.122 e.